The van der Waals surface area contributed by atoms with E-state index in [1.807, 2.05) is 0 Å². The number of nitrogen functional groups attached to an aromatic ring is 1. The van der Waals surface area contributed by atoms with Crippen LogP contribution in [0.1, 0.15) is 11.7 Å². The highest BCUT2D eigenvalue weighted by atomic mass is 16.5. The van der Waals surface area contributed by atoms with Crippen LogP contribution in [0.4, 0.5) is 11.9 Å². The third kappa shape index (κ3) is 3.11. The topological polar surface area (TPSA) is 133 Å². The normalized spacial score (nSPS) is 10.7. The van der Waals surface area contributed by atoms with Crippen molar-refractivity contribution in [2.75, 3.05) is 17.6 Å². The lowest BCUT2D eigenvalue weighted by atomic mass is 10.4. The third-order valence-corrected chi connectivity index (χ3v) is 2.57. The maximum Gasteiger partial charge on any atom is 0.241 e. The lowest BCUT2D eigenvalue weighted by Gasteiger charge is -2.06. The van der Waals surface area contributed by atoms with Crippen molar-refractivity contribution < 1.29 is 4.52 Å². The second kappa shape index (κ2) is 5.53. The Morgan fingerprint density at radius 3 is 2.90 bits per heavy atom. The highest BCUT2D eigenvalue weighted by molar-refractivity contribution is 5.35. The molecule has 3 heterocycles. The van der Waals surface area contributed by atoms with Crippen molar-refractivity contribution in [1.82, 2.24) is 34.6 Å². The summed E-state index contributed by atoms with van der Waals surface area (Å²) in [4.78, 5) is 20.4. The van der Waals surface area contributed by atoms with Gasteiger partial charge >= 0.3 is 0 Å². The monoisotopic (exact) mass is 287 g/mol. The standard InChI is InChI=1S/C11H13N9O/c1-7-15-8(21-19-7)2-3-14-10-16-9(12)17-11(18-10)20-5-4-13-6-20/h4-6H,2-3H2,1H3,(H3,12,14,16,17,18). The Hall–Kier alpha value is -3.04. The first kappa shape index (κ1) is 13.0. The minimum atomic E-state index is 0.129. The van der Waals surface area contributed by atoms with E-state index >= 15 is 0 Å². The van der Waals surface area contributed by atoms with E-state index in [0.29, 0.717) is 36.6 Å². The fourth-order valence-electron chi connectivity index (χ4n) is 1.68. The number of hydrogen-bond donors (Lipinski definition) is 2. The third-order valence-electron chi connectivity index (χ3n) is 2.57. The lowest BCUT2D eigenvalue weighted by molar-refractivity contribution is 0.377. The van der Waals surface area contributed by atoms with Gasteiger partial charge in [-0.2, -0.15) is 19.9 Å². The molecule has 0 amide bonds. The van der Waals surface area contributed by atoms with Crippen molar-refractivity contribution in [1.29, 1.82) is 0 Å². The molecule has 0 aliphatic heterocycles. The number of nitrogens with two attached hydrogens (primary N) is 1. The van der Waals surface area contributed by atoms with E-state index in [4.69, 9.17) is 10.3 Å². The van der Waals surface area contributed by atoms with Crippen molar-refractivity contribution in [3.63, 3.8) is 0 Å². The second-order valence-corrected chi connectivity index (χ2v) is 4.20. The van der Waals surface area contributed by atoms with E-state index in [2.05, 4.69) is 35.4 Å². The van der Waals surface area contributed by atoms with Gasteiger partial charge in [0.1, 0.15) is 6.33 Å². The molecule has 0 radical (unpaired) electrons. The summed E-state index contributed by atoms with van der Waals surface area (Å²) in [6, 6.07) is 0. The molecule has 0 saturated heterocycles. The minimum absolute atomic E-state index is 0.129. The molecular weight excluding hydrogens is 274 g/mol. The van der Waals surface area contributed by atoms with Gasteiger partial charge in [-0.05, 0) is 6.92 Å². The maximum atomic E-state index is 5.67. The fourth-order valence-corrected chi connectivity index (χ4v) is 1.68. The van der Waals surface area contributed by atoms with Crippen LogP contribution in [0.2, 0.25) is 0 Å². The van der Waals surface area contributed by atoms with Gasteiger partial charge in [-0.25, -0.2) is 4.98 Å². The first-order chi connectivity index (χ1) is 10.2. The molecule has 0 aliphatic carbocycles. The van der Waals surface area contributed by atoms with Gasteiger partial charge in [0.2, 0.25) is 23.7 Å². The van der Waals surface area contributed by atoms with Crippen LogP contribution in [0.3, 0.4) is 0 Å². The number of anilines is 2. The van der Waals surface area contributed by atoms with E-state index in [1.54, 1.807) is 30.2 Å². The van der Waals surface area contributed by atoms with E-state index in [-0.39, 0.29) is 5.95 Å². The summed E-state index contributed by atoms with van der Waals surface area (Å²) in [5.41, 5.74) is 5.67. The molecule has 0 aromatic carbocycles. The molecule has 0 unspecified atom stereocenters. The van der Waals surface area contributed by atoms with Crippen LogP contribution >= 0.6 is 0 Å². The molecule has 108 valence electrons. The number of nitrogens with one attached hydrogen (secondary N) is 1. The Bertz CT molecular complexity index is 721. The number of rotatable bonds is 5. The van der Waals surface area contributed by atoms with Crippen molar-refractivity contribution in [2.24, 2.45) is 0 Å². The van der Waals surface area contributed by atoms with Gasteiger partial charge in [0.25, 0.3) is 0 Å². The van der Waals surface area contributed by atoms with Gasteiger partial charge in [-0.3, -0.25) is 4.57 Å². The van der Waals surface area contributed by atoms with Crippen molar-refractivity contribution in [2.45, 2.75) is 13.3 Å². The molecule has 10 nitrogen and oxygen atoms in total. The molecule has 3 rings (SSSR count). The summed E-state index contributed by atoms with van der Waals surface area (Å²) in [6.45, 7) is 2.30. The van der Waals surface area contributed by atoms with Crippen LogP contribution in [0.5, 0.6) is 0 Å². The van der Waals surface area contributed by atoms with Crippen LogP contribution in [-0.2, 0) is 6.42 Å². The molecule has 3 N–H and O–H groups in total. The summed E-state index contributed by atoms with van der Waals surface area (Å²) >= 11 is 0. The first-order valence-electron chi connectivity index (χ1n) is 6.23. The number of nitrogens with zero attached hydrogens (tertiary/aromatic N) is 7. The highest BCUT2D eigenvalue weighted by Gasteiger charge is 2.07. The zero-order valence-electron chi connectivity index (χ0n) is 11.3. The summed E-state index contributed by atoms with van der Waals surface area (Å²) in [7, 11) is 0. The molecule has 21 heavy (non-hydrogen) atoms. The molecule has 0 aliphatic rings. The zero-order valence-corrected chi connectivity index (χ0v) is 11.3. The smallest absolute Gasteiger partial charge is 0.241 e. The van der Waals surface area contributed by atoms with Crippen molar-refractivity contribution in [3.8, 4) is 5.95 Å². The summed E-state index contributed by atoms with van der Waals surface area (Å²) in [5.74, 6) is 2.07. The molecule has 3 aromatic rings. The van der Waals surface area contributed by atoms with Gasteiger partial charge in [0, 0.05) is 25.4 Å². The molecular formula is C11H13N9O. The predicted octanol–water partition coefficient (Wildman–Crippen LogP) is -0.0145. The lowest BCUT2D eigenvalue weighted by Crippen LogP contribution is -2.12. The number of aromatic nitrogens is 7. The second-order valence-electron chi connectivity index (χ2n) is 4.20. The van der Waals surface area contributed by atoms with Crippen LogP contribution in [-0.4, -0.2) is 41.2 Å². The SMILES string of the molecule is Cc1noc(CCNc2nc(N)nc(-n3ccnc3)n2)n1. The molecule has 0 fully saturated rings. The van der Waals surface area contributed by atoms with E-state index in [1.165, 1.54) is 0 Å². The van der Waals surface area contributed by atoms with Gasteiger partial charge in [-0.1, -0.05) is 5.16 Å². The summed E-state index contributed by atoms with van der Waals surface area (Å²) in [5, 5.41) is 6.76. The van der Waals surface area contributed by atoms with Crippen molar-refractivity contribution in [3.05, 3.63) is 30.4 Å². The van der Waals surface area contributed by atoms with Crippen molar-refractivity contribution >= 4 is 11.9 Å². The van der Waals surface area contributed by atoms with Crippen LogP contribution < -0.4 is 11.1 Å². The van der Waals surface area contributed by atoms with Crippen LogP contribution in [0.25, 0.3) is 5.95 Å². The first-order valence-corrected chi connectivity index (χ1v) is 6.23. The molecule has 0 saturated carbocycles. The molecule has 3 aromatic heterocycles. The average molecular weight is 287 g/mol. The molecule has 10 heteroatoms. The fraction of sp³-hybridized carbons (Fsp3) is 0.273. The average Bonchev–Trinajstić information content (AvgIpc) is 3.10. The van der Waals surface area contributed by atoms with E-state index in [0.717, 1.165) is 0 Å². The quantitative estimate of drug-likeness (QED) is 0.664. The predicted molar refractivity (Wildman–Crippen MR) is 72.6 cm³/mol. The maximum absolute atomic E-state index is 5.67. The molecule has 0 bridgehead atoms. The van der Waals surface area contributed by atoms with Gasteiger partial charge in [0.05, 0.1) is 0 Å². The van der Waals surface area contributed by atoms with Gasteiger partial charge in [0.15, 0.2) is 5.82 Å². The Kier molecular flexibility index (Phi) is 3.41. The molecule has 0 atom stereocenters. The van der Waals surface area contributed by atoms with Crippen LogP contribution in [0, 0.1) is 6.92 Å². The Balaban J connectivity index is 1.68. The summed E-state index contributed by atoms with van der Waals surface area (Å²) < 4.78 is 6.66. The Morgan fingerprint density at radius 2 is 2.19 bits per heavy atom. The minimum Gasteiger partial charge on any atom is -0.368 e. The summed E-state index contributed by atoms with van der Waals surface area (Å²) in [6.07, 6.45) is 5.50. The van der Waals surface area contributed by atoms with E-state index in [9.17, 15) is 0 Å². The number of aryl methyl sites for hydroxylation is 1. The zero-order chi connectivity index (χ0) is 14.7. The van der Waals surface area contributed by atoms with Crippen LogP contribution in [0.15, 0.2) is 23.2 Å². The molecule has 0 spiro atoms. The Morgan fingerprint density at radius 1 is 1.29 bits per heavy atom. The number of imidazole rings is 1. The largest absolute Gasteiger partial charge is 0.368 e. The Labute approximate surface area is 119 Å². The number of hydrogen-bond acceptors (Lipinski definition) is 9. The van der Waals surface area contributed by atoms with E-state index < -0.39 is 0 Å². The highest BCUT2D eigenvalue weighted by Crippen LogP contribution is 2.07. The van der Waals surface area contributed by atoms with Gasteiger partial charge < -0.3 is 15.6 Å². The van der Waals surface area contributed by atoms with Gasteiger partial charge in [-0.15, -0.1) is 0 Å².